The second-order valence-corrected chi connectivity index (χ2v) is 5.16. The zero-order valence-corrected chi connectivity index (χ0v) is 13.8. The summed E-state index contributed by atoms with van der Waals surface area (Å²) in [6, 6.07) is 5.01. The predicted molar refractivity (Wildman–Crippen MR) is 86.5 cm³/mol. The molecule has 0 spiro atoms. The van der Waals surface area contributed by atoms with Crippen molar-refractivity contribution in [2.75, 3.05) is 26.2 Å². The summed E-state index contributed by atoms with van der Waals surface area (Å²) < 4.78 is 2.28. The maximum Gasteiger partial charge on any atom is 0.0526 e. The molecule has 0 bridgehead atoms. The summed E-state index contributed by atoms with van der Waals surface area (Å²) in [5, 5.41) is 3.44. The van der Waals surface area contributed by atoms with Gasteiger partial charge in [0.1, 0.15) is 0 Å². The summed E-state index contributed by atoms with van der Waals surface area (Å²) in [4.78, 5) is 2.64. The van der Waals surface area contributed by atoms with E-state index in [1.165, 1.54) is 25.2 Å². The van der Waals surface area contributed by atoms with Crippen molar-refractivity contribution in [1.29, 1.82) is 0 Å². The van der Waals surface area contributed by atoms with Crippen molar-refractivity contribution < 1.29 is 0 Å². The highest BCUT2D eigenvalue weighted by Gasteiger charge is 2.27. The van der Waals surface area contributed by atoms with Gasteiger partial charge in [0.2, 0.25) is 0 Å². The summed E-state index contributed by atoms with van der Waals surface area (Å²) in [6.45, 7) is 9.25. The van der Waals surface area contributed by atoms with E-state index in [0.29, 0.717) is 12.0 Å². The molecule has 1 fully saturated rings. The maximum atomic E-state index is 3.44. The Morgan fingerprint density at radius 3 is 2.37 bits per heavy atom. The van der Waals surface area contributed by atoms with Gasteiger partial charge >= 0.3 is 0 Å². The molecule has 0 aromatic carbocycles. The number of aryl methyl sites for hydroxylation is 1. The van der Waals surface area contributed by atoms with Gasteiger partial charge in [-0.2, -0.15) is 0 Å². The van der Waals surface area contributed by atoms with Crippen LogP contribution in [-0.4, -0.2) is 35.6 Å². The third kappa shape index (κ3) is 4.38. The number of nitrogens with one attached hydrogen (secondary N) is 1. The molecule has 5 heteroatoms. The van der Waals surface area contributed by atoms with Gasteiger partial charge in [-0.1, -0.05) is 20.3 Å². The van der Waals surface area contributed by atoms with Gasteiger partial charge < -0.3 is 9.88 Å². The first-order chi connectivity index (χ1) is 8.24. The second-order valence-electron chi connectivity index (χ2n) is 5.16. The van der Waals surface area contributed by atoms with Crippen molar-refractivity contribution in [1.82, 2.24) is 14.8 Å². The van der Waals surface area contributed by atoms with Crippen molar-refractivity contribution in [2.24, 2.45) is 13.0 Å². The molecule has 1 N–H and O–H groups in total. The summed E-state index contributed by atoms with van der Waals surface area (Å²) in [7, 11) is 2.16. The second kappa shape index (κ2) is 8.85. The summed E-state index contributed by atoms with van der Waals surface area (Å²) >= 11 is 0. The SMILES string of the molecule is CCC(C)[C@H](c1cccn1C)N1CCNCC1.Cl.Cl. The van der Waals surface area contributed by atoms with Gasteiger partial charge in [-0.15, -0.1) is 24.8 Å². The molecule has 2 rings (SSSR count). The van der Waals surface area contributed by atoms with Gasteiger partial charge in [-0.3, -0.25) is 4.90 Å². The molecule has 1 aliphatic rings. The highest BCUT2D eigenvalue weighted by atomic mass is 35.5. The Balaban J connectivity index is 0.00000162. The zero-order valence-electron chi connectivity index (χ0n) is 12.1. The van der Waals surface area contributed by atoms with Crippen molar-refractivity contribution in [2.45, 2.75) is 26.3 Å². The fraction of sp³-hybridized carbons (Fsp3) is 0.714. The first-order valence-electron chi connectivity index (χ1n) is 6.80. The Morgan fingerprint density at radius 2 is 1.89 bits per heavy atom. The van der Waals surface area contributed by atoms with Gasteiger partial charge in [0.15, 0.2) is 0 Å². The lowest BCUT2D eigenvalue weighted by Crippen LogP contribution is -2.47. The van der Waals surface area contributed by atoms with Crippen LogP contribution in [0.5, 0.6) is 0 Å². The van der Waals surface area contributed by atoms with E-state index >= 15 is 0 Å². The molecule has 0 amide bonds. The highest BCUT2D eigenvalue weighted by molar-refractivity contribution is 5.85. The van der Waals surface area contributed by atoms with Crippen LogP contribution in [0, 0.1) is 5.92 Å². The average molecular weight is 308 g/mol. The molecule has 1 aromatic rings. The molecule has 0 saturated carbocycles. The van der Waals surface area contributed by atoms with E-state index in [-0.39, 0.29) is 24.8 Å². The van der Waals surface area contributed by atoms with E-state index in [0.717, 1.165) is 13.1 Å². The van der Waals surface area contributed by atoms with Crippen LogP contribution in [0.25, 0.3) is 0 Å². The lowest BCUT2D eigenvalue weighted by atomic mass is 9.94. The van der Waals surface area contributed by atoms with E-state index in [9.17, 15) is 0 Å². The largest absolute Gasteiger partial charge is 0.353 e. The lowest BCUT2D eigenvalue weighted by molar-refractivity contribution is 0.123. The normalized spacial score (nSPS) is 19.1. The fourth-order valence-corrected chi connectivity index (χ4v) is 2.80. The minimum absolute atomic E-state index is 0. The minimum atomic E-state index is 0. The molecule has 112 valence electrons. The molecule has 0 radical (unpaired) electrons. The topological polar surface area (TPSA) is 20.2 Å². The number of nitrogens with zero attached hydrogens (tertiary/aromatic N) is 2. The molecule has 1 aromatic heterocycles. The van der Waals surface area contributed by atoms with Crippen LogP contribution >= 0.6 is 24.8 Å². The smallest absolute Gasteiger partial charge is 0.0526 e. The third-order valence-electron chi connectivity index (χ3n) is 4.01. The Labute approximate surface area is 129 Å². The standard InChI is InChI=1S/C14H25N3.2ClH/c1-4-12(2)14(13-6-5-9-16(13)3)17-10-7-15-8-11-17;;/h5-6,9,12,14-15H,4,7-8,10-11H2,1-3H3;2*1H/t12?,14-;;/m1../s1. The van der Waals surface area contributed by atoms with Crippen LogP contribution in [-0.2, 0) is 7.05 Å². The zero-order chi connectivity index (χ0) is 12.3. The number of hydrogen-bond donors (Lipinski definition) is 1. The fourth-order valence-electron chi connectivity index (χ4n) is 2.80. The van der Waals surface area contributed by atoms with Crippen molar-refractivity contribution >= 4 is 24.8 Å². The van der Waals surface area contributed by atoms with E-state index in [2.05, 4.69) is 54.0 Å². The number of aromatic nitrogens is 1. The molecular weight excluding hydrogens is 281 g/mol. The van der Waals surface area contributed by atoms with Gasteiger partial charge in [0.25, 0.3) is 0 Å². The van der Waals surface area contributed by atoms with Gasteiger partial charge in [0.05, 0.1) is 6.04 Å². The minimum Gasteiger partial charge on any atom is -0.353 e. The molecule has 3 nitrogen and oxygen atoms in total. The third-order valence-corrected chi connectivity index (χ3v) is 4.01. The Morgan fingerprint density at radius 1 is 1.26 bits per heavy atom. The molecular formula is C14H27Cl2N3. The van der Waals surface area contributed by atoms with Gasteiger partial charge in [-0.25, -0.2) is 0 Å². The van der Waals surface area contributed by atoms with Gasteiger partial charge in [0, 0.05) is 45.1 Å². The van der Waals surface area contributed by atoms with Crippen LogP contribution in [0.1, 0.15) is 32.0 Å². The number of piperazine rings is 1. The summed E-state index contributed by atoms with van der Waals surface area (Å²) in [5.74, 6) is 0.710. The molecule has 2 heterocycles. The molecule has 1 aliphatic heterocycles. The molecule has 0 aliphatic carbocycles. The van der Waals surface area contributed by atoms with Crippen LogP contribution in [0.2, 0.25) is 0 Å². The Hall–Kier alpha value is -0.220. The van der Waals surface area contributed by atoms with Crippen LogP contribution < -0.4 is 5.32 Å². The van der Waals surface area contributed by atoms with Crippen LogP contribution in [0.4, 0.5) is 0 Å². The Kier molecular flexibility index (Phi) is 8.75. The average Bonchev–Trinajstić information content (AvgIpc) is 2.77. The molecule has 19 heavy (non-hydrogen) atoms. The predicted octanol–water partition coefficient (Wildman–Crippen LogP) is 2.86. The maximum absolute atomic E-state index is 3.44. The Bertz CT molecular complexity index is 348. The lowest BCUT2D eigenvalue weighted by Gasteiger charge is -2.38. The summed E-state index contributed by atoms with van der Waals surface area (Å²) in [6.07, 6.45) is 3.40. The van der Waals surface area contributed by atoms with Crippen LogP contribution in [0.3, 0.4) is 0 Å². The van der Waals surface area contributed by atoms with Gasteiger partial charge in [-0.05, 0) is 18.1 Å². The van der Waals surface area contributed by atoms with Crippen molar-refractivity contribution in [3.05, 3.63) is 24.0 Å². The van der Waals surface area contributed by atoms with Crippen LogP contribution in [0.15, 0.2) is 18.3 Å². The number of rotatable bonds is 4. The first-order valence-corrected chi connectivity index (χ1v) is 6.80. The molecule has 2 atom stereocenters. The van der Waals surface area contributed by atoms with Crippen molar-refractivity contribution in [3.63, 3.8) is 0 Å². The number of halogens is 2. The summed E-state index contributed by atoms with van der Waals surface area (Å²) in [5.41, 5.74) is 1.46. The van der Waals surface area contributed by atoms with E-state index in [1.807, 2.05) is 0 Å². The first kappa shape index (κ1) is 18.8. The molecule has 1 saturated heterocycles. The quantitative estimate of drug-likeness (QED) is 0.923. The van der Waals surface area contributed by atoms with E-state index in [1.54, 1.807) is 0 Å². The highest BCUT2D eigenvalue weighted by Crippen LogP contribution is 2.30. The van der Waals surface area contributed by atoms with Crippen molar-refractivity contribution in [3.8, 4) is 0 Å². The monoisotopic (exact) mass is 307 g/mol. The molecule has 1 unspecified atom stereocenters. The van der Waals surface area contributed by atoms with E-state index in [4.69, 9.17) is 0 Å². The van der Waals surface area contributed by atoms with E-state index < -0.39 is 0 Å². The number of hydrogen-bond acceptors (Lipinski definition) is 2.